The SMILES string of the molecule is CC#COCCCCCCCCCCCCC. The first-order valence-corrected chi connectivity index (χ1v) is 7.45. The minimum atomic E-state index is 0.803. The molecule has 0 atom stereocenters. The molecule has 0 amide bonds. The Labute approximate surface area is 108 Å². The van der Waals surface area contributed by atoms with E-state index in [9.17, 15) is 0 Å². The molecule has 0 aromatic heterocycles. The van der Waals surface area contributed by atoms with Crippen molar-refractivity contribution >= 4 is 0 Å². The van der Waals surface area contributed by atoms with E-state index in [4.69, 9.17) is 4.74 Å². The van der Waals surface area contributed by atoms with Crippen LogP contribution < -0.4 is 0 Å². The molecule has 0 fully saturated rings. The lowest BCUT2D eigenvalue weighted by Crippen LogP contribution is -1.88. The number of rotatable bonds is 12. The molecule has 1 nitrogen and oxygen atoms in total. The van der Waals surface area contributed by atoms with Crippen molar-refractivity contribution in [2.45, 2.75) is 84.5 Å². The lowest BCUT2D eigenvalue weighted by atomic mass is 10.1. The molecule has 0 aromatic carbocycles. The van der Waals surface area contributed by atoms with E-state index in [2.05, 4.69) is 19.0 Å². The summed E-state index contributed by atoms with van der Waals surface area (Å²) in [5, 5.41) is 0. The van der Waals surface area contributed by atoms with E-state index in [1.165, 1.54) is 64.2 Å². The minimum absolute atomic E-state index is 0.803. The van der Waals surface area contributed by atoms with Gasteiger partial charge in [-0.1, -0.05) is 77.1 Å². The number of unbranched alkanes of at least 4 members (excludes halogenated alkanes) is 10. The van der Waals surface area contributed by atoms with Crippen LogP contribution in [0.15, 0.2) is 0 Å². The van der Waals surface area contributed by atoms with Crippen LogP contribution >= 0.6 is 0 Å². The average molecular weight is 238 g/mol. The topological polar surface area (TPSA) is 9.23 Å². The van der Waals surface area contributed by atoms with Gasteiger partial charge in [0.1, 0.15) is 12.7 Å². The fraction of sp³-hybridized carbons (Fsp3) is 0.875. The summed E-state index contributed by atoms with van der Waals surface area (Å²) in [6.07, 6.45) is 17.8. The van der Waals surface area contributed by atoms with E-state index in [1.54, 1.807) is 6.92 Å². The number of hydrogen-bond donors (Lipinski definition) is 0. The highest BCUT2D eigenvalue weighted by Gasteiger charge is 1.92. The zero-order valence-electron chi connectivity index (χ0n) is 11.9. The Hall–Kier alpha value is -0.640. The summed E-state index contributed by atoms with van der Waals surface area (Å²) >= 11 is 0. The van der Waals surface area contributed by atoms with Gasteiger partial charge in [-0.3, -0.25) is 0 Å². The van der Waals surface area contributed by atoms with Gasteiger partial charge in [0.2, 0.25) is 0 Å². The van der Waals surface area contributed by atoms with Gasteiger partial charge in [0.05, 0.1) is 0 Å². The molecule has 0 aliphatic rings. The predicted molar refractivity (Wildman–Crippen MR) is 75.9 cm³/mol. The van der Waals surface area contributed by atoms with Crippen LogP contribution in [0, 0.1) is 12.0 Å². The first-order valence-electron chi connectivity index (χ1n) is 7.45. The van der Waals surface area contributed by atoms with Crippen molar-refractivity contribution in [2.24, 2.45) is 0 Å². The molecule has 0 aliphatic carbocycles. The molecule has 0 heterocycles. The molecule has 0 bridgehead atoms. The highest BCUT2D eigenvalue weighted by atomic mass is 16.5. The van der Waals surface area contributed by atoms with Crippen LogP contribution in [-0.2, 0) is 4.74 Å². The highest BCUT2D eigenvalue weighted by molar-refractivity contribution is 4.84. The Bertz CT molecular complexity index is 187. The van der Waals surface area contributed by atoms with Gasteiger partial charge in [-0.2, -0.15) is 0 Å². The summed E-state index contributed by atoms with van der Waals surface area (Å²) in [5.74, 6) is 2.74. The van der Waals surface area contributed by atoms with Gasteiger partial charge in [-0.25, -0.2) is 0 Å². The first kappa shape index (κ1) is 16.4. The van der Waals surface area contributed by atoms with E-state index < -0.39 is 0 Å². The van der Waals surface area contributed by atoms with Gasteiger partial charge in [-0.15, -0.1) is 0 Å². The standard InChI is InChI=1S/C16H30O/c1-3-5-6-7-8-9-10-11-12-13-14-16-17-15-4-2/h3,5-14,16H2,1-2H3. The van der Waals surface area contributed by atoms with Crippen molar-refractivity contribution in [1.29, 1.82) is 0 Å². The van der Waals surface area contributed by atoms with Crippen LogP contribution in [0.1, 0.15) is 84.5 Å². The monoisotopic (exact) mass is 238 g/mol. The van der Waals surface area contributed by atoms with E-state index in [-0.39, 0.29) is 0 Å². The van der Waals surface area contributed by atoms with Crippen LogP contribution in [0.3, 0.4) is 0 Å². The van der Waals surface area contributed by atoms with Crippen molar-refractivity contribution in [1.82, 2.24) is 0 Å². The maximum absolute atomic E-state index is 5.10. The molecule has 0 radical (unpaired) electrons. The Morgan fingerprint density at radius 3 is 1.65 bits per heavy atom. The second-order valence-electron chi connectivity index (χ2n) is 4.74. The van der Waals surface area contributed by atoms with Gasteiger partial charge < -0.3 is 4.74 Å². The zero-order chi connectivity index (χ0) is 12.6. The van der Waals surface area contributed by atoms with E-state index in [1.807, 2.05) is 0 Å². The van der Waals surface area contributed by atoms with Crippen LogP contribution in [-0.4, -0.2) is 6.61 Å². The highest BCUT2D eigenvalue weighted by Crippen LogP contribution is 2.11. The third-order valence-electron chi connectivity index (χ3n) is 3.02. The van der Waals surface area contributed by atoms with Gasteiger partial charge in [-0.05, 0) is 6.42 Å². The summed E-state index contributed by atoms with van der Waals surface area (Å²) in [4.78, 5) is 0. The Morgan fingerprint density at radius 1 is 0.706 bits per heavy atom. The van der Waals surface area contributed by atoms with Crippen LogP contribution in [0.4, 0.5) is 0 Å². The quantitative estimate of drug-likeness (QED) is 0.331. The third-order valence-corrected chi connectivity index (χ3v) is 3.02. The maximum atomic E-state index is 5.10. The lowest BCUT2D eigenvalue weighted by Gasteiger charge is -2.02. The molecule has 1 heteroatoms. The molecule has 0 spiro atoms. The third kappa shape index (κ3) is 15.4. The average Bonchev–Trinajstić information content (AvgIpc) is 2.35. The number of hydrogen-bond acceptors (Lipinski definition) is 1. The van der Waals surface area contributed by atoms with Gasteiger partial charge in [0.15, 0.2) is 0 Å². The van der Waals surface area contributed by atoms with Crippen molar-refractivity contribution in [3.63, 3.8) is 0 Å². The van der Waals surface area contributed by atoms with E-state index >= 15 is 0 Å². The molecule has 0 unspecified atom stereocenters. The van der Waals surface area contributed by atoms with Crippen molar-refractivity contribution in [3.05, 3.63) is 0 Å². The van der Waals surface area contributed by atoms with Crippen molar-refractivity contribution < 1.29 is 4.74 Å². The molecule has 0 aromatic rings. The van der Waals surface area contributed by atoms with Gasteiger partial charge in [0.25, 0.3) is 0 Å². The number of ether oxygens (including phenoxy) is 1. The van der Waals surface area contributed by atoms with E-state index in [0.717, 1.165) is 13.0 Å². The van der Waals surface area contributed by atoms with Crippen LogP contribution in [0.25, 0.3) is 0 Å². The summed E-state index contributed by atoms with van der Waals surface area (Å²) in [5.41, 5.74) is 0. The Balaban J connectivity index is 2.91. The van der Waals surface area contributed by atoms with Gasteiger partial charge >= 0.3 is 0 Å². The normalized spacial score (nSPS) is 9.76. The Kier molecular flexibility index (Phi) is 14.8. The Morgan fingerprint density at radius 2 is 1.18 bits per heavy atom. The van der Waals surface area contributed by atoms with Gasteiger partial charge in [0, 0.05) is 6.92 Å². The summed E-state index contributed by atoms with van der Waals surface area (Å²) in [7, 11) is 0. The zero-order valence-corrected chi connectivity index (χ0v) is 11.9. The summed E-state index contributed by atoms with van der Waals surface area (Å²) in [6.45, 7) is 4.88. The maximum Gasteiger partial charge on any atom is 0.109 e. The molecule has 17 heavy (non-hydrogen) atoms. The largest absolute Gasteiger partial charge is 0.447 e. The molecule has 0 aliphatic heterocycles. The predicted octanol–water partition coefficient (Wildman–Crippen LogP) is 5.29. The lowest BCUT2D eigenvalue weighted by molar-refractivity contribution is 0.266. The minimum Gasteiger partial charge on any atom is -0.447 e. The van der Waals surface area contributed by atoms with Crippen LogP contribution in [0.2, 0.25) is 0 Å². The molecular weight excluding hydrogens is 208 g/mol. The fourth-order valence-corrected chi connectivity index (χ4v) is 1.96. The van der Waals surface area contributed by atoms with Crippen molar-refractivity contribution in [2.75, 3.05) is 6.61 Å². The summed E-state index contributed by atoms with van der Waals surface area (Å²) in [6, 6.07) is 0. The molecule has 0 saturated carbocycles. The molecule has 0 N–H and O–H groups in total. The molecule has 0 saturated heterocycles. The molecule has 0 rings (SSSR count). The first-order chi connectivity index (χ1) is 8.41. The van der Waals surface area contributed by atoms with Crippen molar-refractivity contribution in [3.8, 4) is 12.0 Å². The second kappa shape index (κ2) is 15.4. The molecular formula is C16H30O. The van der Waals surface area contributed by atoms with Crippen LogP contribution in [0.5, 0.6) is 0 Å². The summed E-state index contributed by atoms with van der Waals surface area (Å²) < 4.78 is 5.10. The smallest absolute Gasteiger partial charge is 0.109 e. The fourth-order valence-electron chi connectivity index (χ4n) is 1.96. The second-order valence-corrected chi connectivity index (χ2v) is 4.74. The molecule has 100 valence electrons. The van der Waals surface area contributed by atoms with E-state index in [0.29, 0.717) is 0 Å².